The van der Waals surface area contributed by atoms with E-state index in [1.165, 1.54) is 0 Å². The largest absolute Gasteiger partial charge is 0.487 e. The van der Waals surface area contributed by atoms with Gasteiger partial charge in [-0.3, -0.25) is 9.59 Å². The van der Waals surface area contributed by atoms with Crippen LogP contribution < -0.4 is 4.74 Å². The lowest BCUT2D eigenvalue weighted by Crippen LogP contribution is -2.49. The van der Waals surface area contributed by atoms with Gasteiger partial charge in [-0.1, -0.05) is 18.2 Å². The maximum atomic E-state index is 12.4. The highest BCUT2D eigenvalue weighted by Crippen LogP contribution is 2.21. The molecule has 0 atom stereocenters. The zero-order valence-electron chi connectivity index (χ0n) is 15.6. The lowest BCUT2D eigenvalue weighted by Gasteiger charge is -2.33. The summed E-state index contributed by atoms with van der Waals surface area (Å²) in [4.78, 5) is 31.7. The molecule has 1 aliphatic heterocycles. The molecule has 0 spiro atoms. The van der Waals surface area contributed by atoms with Crippen molar-refractivity contribution < 1.29 is 14.3 Å². The normalized spacial score (nSPS) is 14.6. The van der Waals surface area contributed by atoms with Gasteiger partial charge < -0.3 is 14.5 Å². The molecule has 0 unspecified atom stereocenters. The molecule has 1 aliphatic rings. The Bertz CT molecular complexity index is 839. The predicted molar refractivity (Wildman–Crippen MR) is 105 cm³/mol. The molecule has 1 aromatic heterocycles. The Morgan fingerprint density at radius 2 is 1.89 bits per heavy atom. The van der Waals surface area contributed by atoms with Crippen LogP contribution in [0.1, 0.15) is 23.2 Å². The minimum atomic E-state index is -0.0527. The number of carbonyl (C=O) groups is 2. The van der Waals surface area contributed by atoms with Gasteiger partial charge in [0.25, 0.3) is 0 Å². The van der Waals surface area contributed by atoms with E-state index < -0.39 is 0 Å². The highest BCUT2D eigenvalue weighted by molar-refractivity contribution is 7.09. The topological polar surface area (TPSA) is 62.7 Å². The zero-order chi connectivity index (χ0) is 19.2. The lowest BCUT2D eigenvalue weighted by atomic mass is 10.2. The first-order chi connectivity index (χ1) is 13.0. The van der Waals surface area contributed by atoms with E-state index in [9.17, 15) is 9.59 Å². The molecule has 2 heterocycles. The Hall–Kier alpha value is -2.67. The molecular weight excluding hydrogens is 362 g/mol. The van der Waals surface area contributed by atoms with E-state index in [-0.39, 0.29) is 11.8 Å². The molecule has 2 aromatic rings. The van der Waals surface area contributed by atoms with Gasteiger partial charge >= 0.3 is 0 Å². The third-order valence-corrected chi connectivity index (χ3v) is 5.23. The first kappa shape index (κ1) is 19.1. The van der Waals surface area contributed by atoms with Gasteiger partial charge in [-0.25, -0.2) is 4.98 Å². The second kappa shape index (κ2) is 8.81. The number of aromatic nitrogens is 1. The van der Waals surface area contributed by atoms with Crippen molar-refractivity contribution in [2.24, 2.45) is 0 Å². The van der Waals surface area contributed by atoms with Crippen LogP contribution in [0.5, 0.6) is 5.75 Å². The fraction of sp³-hybridized carbons (Fsp3) is 0.350. The minimum absolute atomic E-state index is 0.0527. The van der Waals surface area contributed by atoms with E-state index in [1.54, 1.807) is 40.2 Å². The Kier molecular flexibility index (Phi) is 6.24. The average molecular weight is 385 g/mol. The van der Waals surface area contributed by atoms with Crippen LogP contribution in [0.2, 0.25) is 0 Å². The molecule has 0 radical (unpaired) electrons. The molecule has 0 bridgehead atoms. The highest BCUT2D eigenvalue weighted by Gasteiger charge is 2.20. The number of benzene rings is 1. The van der Waals surface area contributed by atoms with Crippen LogP contribution in [0.25, 0.3) is 6.08 Å². The molecule has 3 rings (SSSR count). The molecule has 142 valence electrons. The number of piperazine rings is 1. The van der Waals surface area contributed by atoms with Crippen molar-refractivity contribution >= 4 is 29.2 Å². The number of nitrogens with zero attached hydrogens (tertiary/aromatic N) is 3. The van der Waals surface area contributed by atoms with Gasteiger partial charge in [-0.05, 0) is 19.1 Å². The summed E-state index contributed by atoms with van der Waals surface area (Å²) in [6, 6.07) is 7.62. The van der Waals surface area contributed by atoms with Crippen molar-refractivity contribution in [1.29, 1.82) is 0 Å². The molecule has 0 N–H and O–H groups in total. The van der Waals surface area contributed by atoms with Crippen LogP contribution in [-0.4, -0.2) is 52.8 Å². The summed E-state index contributed by atoms with van der Waals surface area (Å²) >= 11 is 1.60. The van der Waals surface area contributed by atoms with Crippen LogP contribution in [0.4, 0.5) is 0 Å². The van der Waals surface area contributed by atoms with Gasteiger partial charge in [0.15, 0.2) is 0 Å². The van der Waals surface area contributed by atoms with Crippen molar-refractivity contribution in [3.05, 3.63) is 52.0 Å². The third kappa shape index (κ3) is 5.17. The maximum absolute atomic E-state index is 12.4. The Morgan fingerprint density at radius 3 is 2.56 bits per heavy atom. The van der Waals surface area contributed by atoms with Gasteiger partial charge in [0.2, 0.25) is 11.8 Å². The van der Waals surface area contributed by atoms with Gasteiger partial charge in [-0.15, -0.1) is 11.3 Å². The van der Waals surface area contributed by atoms with Crippen molar-refractivity contribution in [2.75, 3.05) is 26.2 Å². The number of carbonyl (C=O) groups excluding carboxylic acids is 2. The summed E-state index contributed by atoms with van der Waals surface area (Å²) in [5, 5.41) is 3.00. The average Bonchev–Trinajstić information content (AvgIpc) is 3.10. The summed E-state index contributed by atoms with van der Waals surface area (Å²) in [6.45, 7) is 6.21. The molecule has 0 saturated carbocycles. The van der Waals surface area contributed by atoms with Crippen molar-refractivity contribution in [2.45, 2.75) is 20.5 Å². The Balaban J connectivity index is 1.60. The molecule has 0 aliphatic carbocycles. The lowest BCUT2D eigenvalue weighted by molar-refractivity contribution is -0.135. The van der Waals surface area contributed by atoms with Crippen LogP contribution in [0.3, 0.4) is 0 Å². The Labute approximate surface area is 163 Å². The molecular formula is C20H23N3O3S. The number of ether oxygens (including phenoxy) is 1. The molecule has 1 aromatic carbocycles. The van der Waals surface area contributed by atoms with Crippen molar-refractivity contribution in [3.63, 3.8) is 0 Å². The monoisotopic (exact) mass is 385 g/mol. The third-order valence-electron chi connectivity index (χ3n) is 4.40. The summed E-state index contributed by atoms with van der Waals surface area (Å²) in [7, 11) is 0. The summed E-state index contributed by atoms with van der Waals surface area (Å²) < 4.78 is 5.88. The molecule has 2 amide bonds. The van der Waals surface area contributed by atoms with E-state index >= 15 is 0 Å². The molecule has 7 heteroatoms. The van der Waals surface area contributed by atoms with E-state index in [0.29, 0.717) is 38.5 Å². The number of rotatable bonds is 5. The van der Waals surface area contributed by atoms with E-state index in [2.05, 4.69) is 4.98 Å². The predicted octanol–water partition coefficient (Wildman–Crippen LogP) is 2.73. The first-order valence-corrected chi connectivity index (χ1v) is 9.76. The molecule has 1 fully saturated rings. The standard InChI is InChI=1S/C20H23N3O3S/c1-15-21-18(14-27-15)13-26-19-6-4-3-5-17(19)7-8-20(25)23-11-9-22(10-12-23)16(2)24/h3-8,14H,9-13H2,1-2H3/b8-7+. The quantitative estimate of drug-likeness (QED) is 0.743. The summed E-state index contributed by atoms with van der Waals surface area (Å²) in [5.41, 5.74) is 1.75. The molecule has 27 heavy (non-hydrogen) atoms. The van der Waals surface area contributed by atoms with Crippen LogP contribution in [0, 0.1) is 6.92 Å². The fourth-order valence-electron chi connectivity index (χ4n) is 2.88. The fourth-order valence-corrected chi connectivity index (χ4v) is 3.48. The minimum Gasteiger partial charge on any atom is -0.487 e. The van der Waals surface area contributed by atoms with Crippen molar-refractivity contribution in [1.82, 2.24) is 14.8 Å². The second-order valence-electron chi connectivity index (χ2n) is 6.35. The smallest absolute Gasteiger partial charge is 0.246 e. The van der Waals surface area contributed by atoms with Gasteiger partial charge in [0, 0.05) is 50.1 Å². The zero-order valence-corrected chi connectivity index (χ0v) is 16.4. The van der Waals surface area contributed by atoms with Crippen molar-refractivity contribution in [3.8, 4) is 5.75 Å². The molecule has 1 saturated heterocycles. The highest BCUT2D eigenvalue weighted by atomic mass is 32.1. The van der Waals surface area contributed by atoms with E-state index in [1.807, 2.05) is 36.6 Å². The first-order valence-electron chi connectivity index (χ1n) is 8.88. The van der Waals surface area contributed by atoms with Gasteiger partial charge in [0.05, 0.1) is 10.7 Å². The van der Waals surface area contributed by atoms with Gasteiger partial charge in [-0.2, -0.15) is 0 Å². The van der Waals surface area contributed by atoms with Crippen LogP contribution in [-0.2, 0) is 16.2 Å². The SMILES string of the molecule is CC(=O)N1CCN(C(=O)/C=C/c2ccccc2OCc2csc(C)n2)CC1. The number of hydrogen-bond donors (Lipinski definition) is 0. The number of hydrogen-bond acceptors (Lipinski definition) is 5. The molecule has 6 nitrogen and oxygen atoms in total. The number of amides is 2. The van der Waals surface area contributed by atoms with Gasteiger partial charge in [0.1, 0.15) is 12.4 Å². The number of aryl methyl sites for hydroxylation is 1. The van der Waals surface area contributed by atoms with Crippen LogP contribution >= 0.6 is 11.3 Å². The van der Waals surface area contributed by atoms with Crippen LogP contribution in [0.15, 0.2) is 35.7 Å². The van der Waals surface area contributed by atoms with E-state index in [0.717, 1.165) is 16.3 Å². The summed E-state index contributed by atoms with van der Waals surface area (Å²) in [5.74, 6) is 0.718. The maximum Gasteiger partial charge on any atom is 0.246 e. The number of thiazole rings is 1. The second-order valence-corrected chi connectivity index (χ2v) is 7.41. The number of para-hydroxylation sites is 1. The Morgan fingerprint density at radius 1 is 1.19 bits per heavy atom. The summed E-state index contributed by atoms with van der Waals surface area (Å²) in [6.07, 6.45) is 3.35. The van der Waals surface area contributed by atoms with E-state index in [4.69, 9.17) is 4.74 Å².